The maximum absolute atomic E-state index is 13.1. The maximum Gasteiger partial charge on any atom is 0.245 e. The number of hydrogen-bond donors (Lipinski definition) is 0. The summed E-state index contributed by atoms with van der Waals surface area (Å²) in [5, 5.41) is 0. The Labute approximate surface area is 143 Å². The van der Waals surface area contributed by atoms with Crippen LogP contribution in [0.15, 0.2) is 24.3 Å². The summed E-state index contributed by atoms with van der Waals surface area (Å²) in [6.07, 6.45) is 4.07. The van der Waals surface area contributed by atoms with Gasteiger partial charge >= 0.3 is 0 Å². The van der Waals surface area contributed by atoms with Gasteiger partial charge in [-0.15, -0.1) is 0 Å². The van der Waals surface area contributed by atoms with Crippen molar-refractivity contribution in [1.82, 2.24) is 9.80 Å². The molecular weight excluding hydrogens is 304 g/mol. The number of benzene rings is 1. The van der Waals surface area contributed by atoms with E-state index in [1.807, 2.05) is 30.0 Å². The number of nitrogens with zero attached hydrogens (tertiary/aromatic N) is 2. The number of rotatable bonds is 5. The summed E-state index contributed by atoms with van der Waals surface area (Å²) in [5.74, 6) is 1.03. The lowest BCUT2D eigenvalue weighted by Crippen LogP contribution is -2.48. The van der Waals surface area contributed by atoms with Crippen LogP contribution in [0.25, 0.3) is 0 Å². The minimum Gasteiger partial charge on any atom is -0.497 e. The van der Waals surface area contributed by atoms with Gasteiger partial charge in [-0.3, -0.25) is 9.59 Å². The van der Waals surface area contributed by atoms with Crippen LogP contribution >= 0.6 is 0 Å². The highest BCUT2D eigenvalue weighted by Crippen LogP contribution is 2.35. The van der Waals surface area contributed by atoms with Gasteiger partial charge in [0.1, 0.15) is 11.8 Å². The molecular formula is C19H26N2O3. The summed E-state index contributed by atoms with van der Waals surface area (Å²) >= 11 is 0. The van der Waals surface area contributed by atoms with Crippen molar-refractivity contribution >= 4 is 11.8 Å². The van der Waals surface area contributed by atoms with Crippen molar-refractivity contribution in [3.63, 3.8) is 0 Å². The Morgan fingerprint density at radius 3 is 2.83 bits per heavy atom. The molecule has 2 aliphatic heterocycles. The van der Waals surface area contributed by atoms with E-state index >= 15 is 0 Å². The molecule has 0 spiro atoms. The van der Waals surface area contributed by atoms with Crippen molar-refractivity contribution in [2.45, 2.75) is 51.1 Å². The molecule has 1 aromatic rings. The molecule has 0 bridgehead atoms. The molecule has 0 saturated carbocycles. The third kappa shape index (κ3) is 3.12. The molecule has 0 aromatic heterocycles. The van der Waals surface area contributed by atoms with Gasteiger partial charge in [-0.25, -0.2) is 0 Å². The largest absolute Gasteiger partial charge is 0.497 e. The molecule has 2 heterocycles. The Balaban J connectivity index is 1.80. The third-order valence-electron chi connectivity index (χ3n) is 5.17. The van der Waals surface area contributed by atoms with Crippen molar-refractivity contribution < 1.29 is 14.3 Å². The zero-order valence-corrected chi connectivity index (χ0v) is 14.5. The van der Waals surface area contributed by atoms with Crippen LogP contribution in [-0.4, -0.2) is 47.9 Å². The van der Waals surface area contributed by atoms with Crippen molar-refractivity contribution in [1.29, 1.82) is 0 Å². The van der Waals surface area contributed by atoms with Crippen molar-refractivity contribution in [2.24, 2.45) is 0 Å². The van der Waals surface area contributed by atoms with E-state index in [0.717, 1.165) is 37.1 Å². The lowest BCUT2D eigenvalue weighted by Gasteiger charge is -2.33. The molecule has 130 valence electrons. The highest BCUT2D eigenvalue weighted by Gasteiger charge is 2.38. The monoisotopic (exact) mass is 330 g/mol. The summed E-state index contributed by atoms with van der Waals surface area (Å²) in [6, 6.07) is 7.73. The fourth-order valence-electron chi connectivity index (χ4n) is 3.94. The van der Waals surface area contributed by atoms with Gasteiger partial charge in [0, 0.05) is 19.5 Å². The predicted octanol–water partition coefficient (Wildman–Crippen LogP) is 2.76. The van der Waals surface area contributed by atoms with Gasteiger partial charge in [-0.1, -0.05) is 19.1 Å². The van der Waals surface area contributed by atoms with Crippen LogP contribution < -0.4 is 4.74 Å². The van der Waals surface area contributed by atoms with E-state index in [4.69, 9.17) is 4.74 Å². The second-order valence-corrected chi connectivity index (χ2v) is 6.58. The Morgan fingerprint density at radius 1 is 1.33 bits per heavy atom. The Hall–Kier alpha value is -2.04. The van der Waals surface area contributed by atoms with Gasteiger partial charge in [0.15, 0.2) is 0 Å². The van der Waals surface area contributed by atoms with E-state index in [9.17, 15) is 9.59 Å². The molecule has 0 radical (unpaired) electrons. The molecule has 24 heavy (non-hydrogen) atoms. The second-order valence-electron chi connectivity index (χ2n) is 6.58. The van der Waals surface area contributed by atoms with Gasteiger partial charge in [0.2, 0.25) is 11.8 Å². The Kier molecular flexibility index (Phi) is 5.07. The van der Waals surface area contributed by atoms with Crippen LogP contribution in [0.5, 0.6) is 5.75 Å². The molecule has 5 nitrogen and oxygen atoms in total. The number of likely N-dealkylation sites (tertiary alicyclic amines) is 2. The smallest absolute Gasteiger partial charge is 0.245 e. The summed E-state index contributed by atoms with van der Waals surface area (Å²) < 4.78 is 5.32. The fourth-order valence-corrected chi connectivity index (χ4v) is 3.94. The van der Waals surface area contributed by atoms with Crippen LogP contribution in [-0.2, 0) is 9.59 Å². The number of hydrogen-bond acceptors (Lipinski definition) is 3. The number of methoxy groups -OCH3 is 1. The van der Waals surface area contributed by atoms with E-state index in [0.29, 0.717) is 19.4 Å². The number of carbonyl (C=O) groups is 2. The summed E-state index contributed by atoms with van der Waals surface area (Å²) in [4.78, 5) is 29.0. The first kappa shape index (κ1) is 16.8. The van der Waals surface area contributed by atoms with E-state index in [-0.39, 0.29) is 23.9 Å². The van der Waals surface area contributed by atoms with Crippen LogP contribution in [0.2, 0.25) is 0 Å². The lowest BCUT2D eigenvalue weighted by atomic mass is 10.0. The number of ether oxygens (including phenoxy) is 1. The second kappa shape index (κ2) is 7.24. The molecule has 5 heteroatoms. The van der Waals surface area contributed by atoms with E-state index in [1.165, 1.54) is 0 Å². The van der Waals surface area contributed by atoms with Crippen LogP contribution in [0.1, 0.15) is 50.6 Å². The van der Waals surface area contributed by atoms with E-state index in [1.54, 1.807) is 12.0 Å². The lowest BCUT2D eigenvalue weighted by molar-refractivity contribution is -0.144. The standard InChI is InChI=1S/C19H26N2O3/c1-3-16(20-11-6-10-18(20)22)19(23)21-12-5-9-17(21)14-7-4-8-15(13-14)24-2/h4,7-8,13,16-17H,3,5-6,9-12H2,1-2H3. The Bertz CT molecular complexity index is 616. The SMILES string of the molecule is CCC(C(=O)N1CCCC1c1cccc(OC)c1)N1CCCC1=O. The first-order chi connectivity index (χ1) is 11.7. The average molecular weight is 330 g/mol. The average Bonchev–Trinajstić information content (AvgIpc) is 3.25. The van der Waals surface area contributed by atoms with E-state index < -0.39 is 0 Å². The minimum atomic E-state index is -0.314. The quantitative estimate of drug-likeness (QED) is 0.834. The molecule has 3 rings (SSSR count). The number of carbonyl (C=O) groups excluding carboxylic acids is 2. The minimum absolute atomic E-state index is 0.0827. The molecule has 2 amide bonds. The van der Waals surface area contributed by atoms with Crippen molar-refractivity contribution in [2.75, 3.05) is 20.2 Å². The third-order valence-corrected chi connectivity index (χ3v) is 5.17. The van der Waals surface area contributed by atoms with Gasteiger partial charge in [-0.05, 0) is 43.4 Å². The maximum atomic E-state index is 13.1. The van der Waals surface area contributed by atoms with Gasteiger partial charge in [0.25, 0.3) is 0 Å². The number of amides is 2. The molecule has 2 saturated heterocycles. The highest BCUT2D eigenvalue weighted by atomic mass is 16.5. The molecule has 2 unspecified atom stereocenters. The molecule has 0 aliphatic carbocycles. The van der Waals surface area contributed by atoms with Gasteiger partial charge in [-0.2, -0.15) is 0 Å². The van der Waals surface area contributed by atoms with E-state index in [2.05, 4.69) is 6.07 Å². The highest BCUT2D eigenvalue weighted by molar-refractivity contribution is 5.89. The fraction of sp³-hybridized carbons (Fsp3) is 0.579. The topological polar surface area (TPSA) is 49.9 Å². The summed E-state index contributed by atoms with van der Waals surface area (Å²) in [7, 11) is 1.66. The first-order valence-corrected chi connectivity index (χ1v) is 8.89. The van der Waals surface area contributed by atoms with Crippen LogP contribution in [0, 0.1) is 0 Å². The van der Waals surface area contributed by atoms with Gasteiger partial charge in [0.05, 0.1) is 13.2 Å². The Morgan fingerprint density at radius 2 is 2.17 bits per heavy atom. The molecule has 0 N–H and O–H groups in total. The molecule has 2 fully saturated rings. The summed E-state index contributed by atoms with van der Waals surface area (Å²) in [5.41, 5.74) is 1.11. The van der Waals surface area contributed by atoms with Crippen molar-refractivity contribution in [3.8, 4) is 5.75 Å². The van der Waals surface area contributed by atoms with Gasteiger partial charge < -0.3 is 14.5 Å². The zero-order valence-electron chi connectivity index (χ0n) is 14.5. The predicted molar refractivity (Wildman–Crippen MR) is 91.7 cm³/mol. The van der Waals surface area contributed by atoms with Crippen LogP contribution in [0.3, 0.4) is 0 Å². The van der Waals surface area contributed by atoms with Crippen LogP contribution in [0.4, 0.5) is 0 Å². The normalized spacial score (nSPS) is 22.1. The zero-order chi connectivity index (χ0) is 17.1. The molecule has 2 aliphatic rings. The van der Waals surface area contributed by atoms with Crippen molar-refractivity contribution in [3.05, 3.63) is 29.8 Å². The first-order valence-electron chi connectivity index (χ1n) is 8.89. The molecule has 1 aromatic carbocycles. The summed E-state index contributed by atoms with van der Waals surface area (Å²) in [6.45, 7) is 3.46. The molecule has 2 atom stereocenters.